The van der Waals surface area contributed by atoms with Crippen molar-refractivity contribution in [2.75, 3.05) is 18.1 Å². The SMILES string of the molecule is CN.Nc1ccc(I)cc1F.O=C(Nc1ccc(I)cc1F)NC1CC1. The molecule has 0 atom stereocenters. The van der Waals surface area contributed by atoms with Gasteiger partial charge in [-0.05, 0) is 101 Å². The number of nitrogen functional groups attached to an aromatic ring is 1. The zero-order chi connectivity index (χ0) is 19.7. The summed E-state index contributed by atoms with van der Waals surface area (Å²) in [5, 5.41) is 5.21. The quantitative estimate of drug-likeness (QED) is 0.312. The predicted molar refractivity (Wildman–Crippen MR) is 118 cm³/mol. The Hall–Kier alpha value is -1.21. The molecule has 0 radical (unpaired) electrons. The Morgan fingerprint density at radius 3 is 2.04 bits per heavy atom. The topological polar surface area (TPSA) is 93.2 Å². The van der Waals surface area contributed by atoms with Gasteiger partial charge in [-0.1, -0.05) is 0 Å². The summed E-state index contributed by atoms with van der Waals surface area (Å²) in [7, 11) is 1.50. The van der Waals surface area contributed by atoms with E-state index in [1.165, 1.54) is 19.2 Å². The summed E-state index contributed by atoms with van der Waals surface area (Å²) in [6.45, 7) is 0. The van der Waals surface area contributed by atoms with Crippen LogP contribution < -0.4 is 22.1 Å². The van der Waals surface area contributed by atoms with Crippen molar-refractivity contribution in [1.82, 2.24) is 5.32 Å². The highest BCUT2D eigenvalue weighted by atomic mass is 127. The highest BCUT2D eigenvalue weighted by molar-refractivity contribution is 14.1. The molecule has 1 saturated carbocycles. The minimum Gasteiger partial charge on any atom is -0.396 e. The van der Waals surface area contributed by atoms with Crippen LogP contribution in [0.4, 0.5) is 25.0 Å². The maximum Gasteiger partial charge on any atom is 0.319 e. The standard InChI is InChI=1S/C10H10FIN2O.C6H5FIN.CH5N/c11-8-5-6(12)1-4-9(8)14-10(15)13-7-2-3-7;7-5-3-4(8)1-2-6(5)9;1-2/h1,4-5,7H,2-3H2,(H2,13,14,15);1-3H,9H2;2H2,1H3. The van der Waals surface area contributed by atoms with Crippen LogP contribution in [0.15, 0.2) is 36.4 Å². The van der Waals surface area contributed by atoms with Gasteiger partial charge in [0.15, 0.2) is 0 Å². The van der Waals surface area contributed by atoms with Crippen molar-refractivity contribution in [2.24, 2.45) is 5.73 Å². The molecule has 2 aromatic rings. The van der Waals surface area contributed by atoms with Gasteiger partial charge in [0.2, 0.25) is 0 Å². The third-order valence-electron chi connectivity index (χ3n) is 3.05. The molecule has 0 saturated heterocycles. The number of hydrogen-bond acceptors (Lipinski definition) is 3. The Bertz CT molecular complexity index is 743. The molecule has 0 heterocycles. The average molecular weight is 588 g/mol. The molecule has 3 rings (SSSR count). The number of carbonyl (C=O) groups is 1. The molecule has 2 amide bonds. The highest BCUT2D eigenvalue weighted by Crippen LogP contribution is 2.20. The van der Waals surface area contributed by atoms with Crippen LogP contribution in [0.25, 0.3) is 0 Å². The van der Waals surface area contributed by atoms with Gasteiger partial charge in [-0.25, -0.2) is 13.6 Å². The Morgan fingerprint density at radius 1 is 1.04 bits per heavy atom. The molecule has 0 spiro atoms. The van der Waals surface area contributed by atoms with E-state index in [1.807, 2.05) is 45.2 Å². The minimum atomic E-state index is -0.409. The molecule has 9 heteroatoms. The smallest absolute Gasteiger partial charge is 0.319 e. The second-order valence-corrected chi connectivity index (χ2v) is 7.65. The maximum atomic E-state index is 13.3. The Balaban J connectivity index is 0.000000263. The fraction of sp³-hybridized carbons (Fsp3) is 0.235. The van der Waals surface area contributed by atoms with Gasteiger partial charge in [-0.15, -0.1) is 0 Å². The van der Waals surface area contributed by atoms with Gasteiger partial charge in [0.1, 0.15) is 11.6 Å². The third-order valence-corrected chi connectivity index (χ3v) is 4.40. The normalized spacial score (nSPS) is 12.1. The van der Waals surface area contributed by atoms with E-state index in [0.717, 1.165) is 20.0 Å². The lowest BCUT2D eigenvalue weighted by atomic mass is 10.3. The van der Waals surface area contributed by atoms with Crippen molar-refractivity contribution in [3.8, 4) is 0 Å². The summed E-state index contributed by atoms with van der Waals surface area (Å²) in [6, 6.07) is 9.34. The summed E-state index contributed by atoms with van der Waals surface area (Å²) in [6.07, 6.45) is 2.03. The van der Waals surface area contributed by atoms with E-state index in [-0.39, 0.29) is 29.3 Å². The monoisotopic (exact) mass is 588 g/mol. The van der Waals surface area contributed by atoms with Gasteiger partial charge in [0.25, 0.3) is 0 Å². The van der Waals surface area contributed by atoms with E-state index >= 15 is 0 Å². The van der Waals surface area contributed by atoms with Crippen LogP contribution in [0.3, 0.4) is 0 Å². The number of amides is 2. The molecule has 5 nitrogen and oxygen atoms in total. The van der Waals surface area contributed by atoms with Crippen LogP contribution in [0, 0.1) is 18.8 Å². The first-order valence-electron chi connectivity index (χ1n) is 7.66. The number of hydrogen-bond donors (Lipinski definition) is 4. The van der Waals surface area contributed by atoms with Crippen LogP contribution >= 0.6 is 45.2 Å². The van der Waals surface area contributed by atoms with Crippen LogP contribution in [0.1, 0.15) is 12.8 Å². The first-order chi connectivity index (χ1) is 12.3. The van der Waals surface area contributed by atoms with E-state index in [0.29, 0.717) is 0 Å². The van der Waals surface area contributed by atoms with Crippen molar-refractivity contribution in [1.29, 1.82) is 0 Å². The van der Waals surface area contributed by atoms with Gasteiger partial charge in [-0.2, -0.15) is 0 Å². The van der Waals surface area contributed by atoms with E-state index in [2.05, 4.69) is 16.4 Å². The lowest BCUT2D eigenvalue weighted by Crippen LogP contribution is -2.30. The molecule has 2 aromatic carbocycles. The third kappa shape index (κ3) is 8.45. The van der Waals surface area contributed by atoms with Gasteiger partial charge < -0.3 is 22.1 Å². The Morgan fingerprint density at radius 2 is 1.58 bits per heavy atom. The van der Waals surface area contributed by atoms with Gasteiger partial charge in [0, 0.05) is 13.2 Å². The van der Waals surface area contributed by atoms with Crippen molar-refractivity contribution >= 4 is 62.6 Å². The van der Waals surface area contributed by atoms with Crippen molar-refractivity contribution < 1.29 is 13.6 Å². The van der Waals surface area contributed by atoms with Gasteiger partial charge in [-0.3, -0.25) is 0 Å². The summed E-state index contributed by atoms with van der Waals surface area (Å²) in [5.74, 6) is -0.755. The predicted octanol–water partition coefficient (Wildman–Crippen LogP) is 4.30. The second-order valence-electron chi connectivity index (χ2n) is 5.16. The largest absolute Gasteiger partial charge is 0.396 e. The summed E-state index contributed by atoms with van der Waals surface area (Å²) in [4.78, 5) is 11.3. The summed E-state index contributed by atoms with van der Waals surface area (Å²) >= 11 is 4.04. The van der Waals surface area contributed by atoms with E-state index < -0.39 is 5.82 Å². The maximum absolute atomic E-state index is 13.3. The number of nitrogens with two attached hydrogens (primary N) is 2. The first kappa shape index (κ1) is 22.8. The number of benzene rings is 2. The molecular formula is C17H20F2I2N4O. The molecule has 0 aliphatic heterocycles. The first-order valence-corrected chi connectivity index (χ1v) is 9.81. The fourth-order valence-electron chi connectivity index (χ4n) is 1.66. The molecule has 1 aliphatic carbocycles. The molecule has 6 N–H and O–H groups in total. The molecule has 1 fully saturated rings. The molecular weight excluding hydrogens is 568 g/mol. The number of urea groups is 1. The van der Waals surface area contributed by atoms with Crippen LogP contribution in [0.2, 0.25) is 0 Å². The van der Waals surface area contributed by atoms with Gasteiger partial charge >= 0.3 is 6.03 Å². The van der Waals surface area contributed by atoms with Crippen molar-refractivity contribution in [2.45, 2.75) is 18.9 Å². The number of nitrogens with one attached hydrogen (secondary N) is 2. The van der Waals surface area contributed by atoms with Crippen molar-refractivity contribution in [3.63, 3.8) is 0 Å². The number of carbonyl (C=O) groups excluding carboxylic acids is 1. The molecule has 26 heavy (non-hydrogen) atoms. The van der Waals surface area contributed by atoms with Crippen LogP contribution in [-0.4, -0.2) is 19.1 Å². The number of anilines is 2. The molecule has 0 bridgehead atoms. The average Bonchev–Trinajstić information content (AvgIpc) is 3.40. The highest BCUT2D eigenvalue weighted by Gasteiger charge is 2.23. The van der Waals surface area contributed by atoms with E-state index in [1.54, 1.807) is 24.3 Å². The number of rotatable bonds is 2. The molecule has 0 unspecified atom stereocenters. The molecule has 0 aromatic heterocycles. The Kier molecular flexibility index (Phi) is 10.1. The number of halogens is 4. The van der Waals surface area contributed by atoms with Gasteiger partial charge in [0.05, 0.1) is 11.4 Å². The summed E-state index contributed by atoms with van der Waals surface area (Å²) < 4.78 is 27.4. The van der Waals surface area contributed by atoms with Crippen molar-refractivity contribution in [3.05, 3.63) is 55.2 Å². The zero-order valence-electron chi connectivity index (χ0n) is 14.0. The van der Waals surface area contributed by atoms with E-state index in [4.69, 9.17) is 5.73 Å². The van der Waals surface area contributed by atoms with Crippen LogP contribution in [-0.2, 0) is 0 Å². The lowest BCUT2D eigenvalue weighted by Gasteiger charge is -2.07. The molecule has 1 aliphatic rings. The zero-order valence-corrected chi connectivity index (χ0v) is 18.3. The van der Waals surface area contributed by atoms with Crippen LogP contribution in [0.5, 0.6) is 0 Å². The molecule has 142 valence electrons. The minimum absolute atomic E-state index is 0.204. The lowest BCUT2D eigenvalue weighted by molar-refractivity contribution is 0.251. The van der Waals surface area contributed by atoms with E-state index in [9.17, 15) is 13.6 Å². The summed E-state index contributed by atoms with van der Waals surface area (Å²) in [5.41, 5.74) is 10.1. The Labute approximate surface area is 178 Å². The fourth-order valence-corrected chi connectivity index (χ4v) is 2.57. The second kappa shape index (κ2) is 11.5.